The molecule has 26 heavy (non-hydrogen) atoms. The van der Waals surface area contributed by atoms with E-state index in [4.69, 9.17) is 4.74 Å². The van der Waals surface area contributed by atoms with Gasteiger partial charge in [-0.2, -0.15) is 0 Å². The molecule has 3 aliphatic rings. The minimum absolute atomic E-state index is 0.144. The zero-order chi connectivity index (χ0) is 19.2. The molecule has 0 radical (unpaired) electrons. The van der Waals surface area contributed by atoms with Gasteiger partial charge in [0.1, 0.15) is 5.60 Å². The number of alkyl carbamates (subject to hydrolysis) is 1. The molecule has 0 aromatic heterocycles. The highest BCUT2D eigenvalue weighted by Gasteiger charge is 2.42. The Morgan fingerprint density at radius 3 is 2.38 bits per heavy atom. The first-order valence-electron chi connectivity index (χ1n) is 10.0. The number of fused-ring (bicyclic) bond motifs is 3. The maximum absolute atomic E-state index is 12.0. The zero-order valence-corrected chi connectivity index (χ0v) is 16.8. The smallest absolute Gasteiger partial charge is 0.407 e. The molecule has 0 heterocycles. The van der Waals surface area contributed by atoms with Crippen LogP contribution in [-0.4, -0.2) is 31.3 Å². The lowest BCUT2D eigenvalue weighted by atomic mass is 9.58. The normalized spacial score (nSPS) is 28.2. The van der Waals surface area contributed by atoms with Crippen LogP contribution in [0.4, 0.5) is 4.79 Å². The van der Waals surface area contributed by atoms with E-state index in [0.717, 1.165) is 18.8 Å². The van der Waals surface area contributed by atoms with Gasteiger partial charge in [0.05, 0.1) is 7.11 Å². The van der Waals surface area contributed by atoms with Crippen LogP contribution < -0.4 is 5.32 Å². The lowest BCUT2D eigenvalue weighted by Crippen LogP contribution is -2.45. The van der Waals surface area contributed by atoms with Crippen LogP contribution >= 0.6 is 0 Å². The summed E-state index contributed by atoms with van der Waals surface area (Å²) < 4.78 is 10.1. The molecule has 2 bridgehead atoms. The Hall–Kier alpha value is -1.52. The molecular weight excluding hydrogens is 330 g/mol. The average molecular weight is 366 g/mol. The number of allylic oxidation sites excluding steroid dienone is 2. The number of ether oxygens (including phenoxy) is 2. The predicted octanol–water partition coefficient (Wildman–Crippen LogP) is 4.46. The Balaban J connectivity index is 1.86. The zero-order valence-electron chi connectivity index (χ0n) is 16.8. The fourth-order valence-electron chi connectivity index (χ4n) is 4.46. The van der Waals surface area contributed by atoms with Crippen molar-refractivity contribution in [1.29, 1.82) is 0 Å². The van der Waals surface area contributed by atoms with Crippen molar-refractivity contribution >= 4 is 12.1 Å². The van der Waals surface area contributed by atoms with Crippen LogP contribution in [0.2, 0.25) is 0 Å². The van der Waals surface area contributed by atoms with Crippen molar-refractivity contribution in [2.45, 2.75) is 71.3 Å². The van der Waals surface area contributed by atoms with E-state index in [0.29, 0.717) is 30.7 Å². The van der Waals surface area contributed by atoms with E-state index in [-0.39, 0.29) is 12.1 Å². The molecule has 1 amide bonds. The molecule has 3 aliphatic carbocycles. The standard InChI is InChI=1S/C21H35NO4/c1-21(2,3)26-20(24)22-14-18-16-12-10-15(11-13-16)17(18)8-6-5-7-9-19(23)25-4/h6,8,15-18H,5,7,9-14H2,1-4H3,(H,22,24)/t15?,16?,17-,18-/m0/s1. The van der Waals surface area contributed by atoms with Crippen LogP contribution in [0.5, 0.6) is 0 Å². The number of methoxy groups -OCH3 is 1. The van der Waals surface area contributed by atoms with Crippen molar-refractivity contribution in [3.8, 4) is 0 Å². The Bertz CT molecular complexity index is 501. The molecule has 148 valence electrons. The molecule has 3 fully saturated rings. The van der Waals surface area contributed by atoms with Crippen molar-refractivity contribution in [3.05, 3.63) is 12.2 Å². The molecule has 3 saturated carbocycles. The second-order valence-corrected chi connectivity index (χ2v) is 8.70. The summed E-state index contributed by atoms with van der Waals surface area (Å²) in [5.74, 6) is 2.29. The van der Waals surface area contributed by atoms with E-state index in [1.807, 2.05) is 20.8 Å². The molecule has 2 atom stereocenters. The Morgan fingerprint density at radius 1 is 1.12 bits per heavy atom. The number of rotatable bonds is 7. The molecule has 0 aromatic carbocycles. The number of carbonyl (C=O) groups excluding carboxylic acids is 2. The third kappa shape index (κ3) is 6.33. The topological polar surface area (TPSA) is 64.6 Å². The van der Waals surface area contributed by atoms with Gasteiger partial charge in [-0.15, -0.1) is 0 Å². The number of hydrogen-bond acceptors (Lipinski definition) is 4. The van der Waals surface area contributed by atoms with Crippen LogP contribution in [0.25, 0.3) is 0 Å². The minimum atomic E-state index is -0.464. The summed E-state index contributed by atoms with van der Waals surface area (Å²) in [6.07, 6.45) is 11.6. The summed E-state index contributed by atoms with van der Waals surface area (Å²) in [6.45, 7) is 6.34. The number of carbonyl (C=O) groups is 2. The Morgan fingerprint density at radius 2 is 1.77 bits per heavy atom. The van der Waals surface area contributed by atoms with E-state index in [1.165, 1.54) is 32.8 Å². The van der Waals surface area contributed by atoms with E-state index in [2.05, 4.69) is 22.2 Å². The van der Waals surface area contributed by atoms with Crippen molar-refractivity contribution in [1.82, 2.24) is 5.32 Å². The van der Waals surface area contributed by atoms with Gasteiger partial charge in [0, 0.05) is 13.0 Å². The lowest BCUT2D eigenvalue weighted by Gasteiger charge is -2.48. The van der Waals surface area contributed by atoms with Crippen molar-refractivity contribution in [2.24, 2.45) is 23.7 Å². The molecular formula is C21H35NO4. The summed E-state index contributed by atoms with van der Waals surface area (Å²) in [5, 5.41) is 2.99. The molecule has 0 aliphatic heterocycles. The molecule has 1 N–H and O–H groups in total. The van der Waals surface area contributed by atoms with Crippen LogP contribution in [0.3, 0.4) is 0 Å². The third-order valence-corrected chi connectivity index (χ3v) is 5.68. The molecule has 0 spiro atoms. The van der Waals surface area contributed by atoms with Crippen molar-refractivity contribution in [3.63, 3.8) is 0 Å². The summed E-state index contributed by atoms with van der Waals surface area (Å²) in [5.41, 5.74) is -0.464. The minimum Gasteiger partial charge on any atom is -0.469 e. The lowest BCUT2D eigenvalue weighted by molar-refractivity contribution is -0.140. The van der Waals surface area contributed by atoms with E-state index < -0.39 is 5.60 Å². The average Bonchev–Trinajstić information content (AvgIpc) is 2.59. The van der Waals surface area contributed by atoms with Gasteiger partial charge in [-0.05, 0) is 83.0 Å². The number of amides is 1. The van der Waals surface area contributed by atoms with Gasteiger partial charge in [-0.1, -0.05) is 12.2 Å². The molecule has 5 heteroatoms. The van der Waals surface area contributed by atoms with Crippen LogP contribution in [-0.2, 0) is 14.3 Å². The second kappa shape index (κ2) is 9.43. The predicted molar refractivity (Wildman–Crippen MR) is 102 cm³/mol. The van der Waals surface area contributed by atoms with Gasteiger partial charge in [-0.3, -0.25) is 4.79 Å². The first-order chi connectivity index (χ1) is 12.3. The van der Waals surface area contributed by atoms with Crippen molar-refractivity contribution < 1.29 is 19.1 Å². The fraction of sp³-hybridized carbons (Fsp3) is 0.810. The first kappa shape index (κ1) is 20.8. The highest BCUT2D eigenvalue weighted by Crippen LogP contribution is 2.49. The summed E-state index contributed by atoms with van der Waals surface area (Å²) >= 11 is 0. The molecule has 0 unspecified atom stereocenters. The Labute approximate surface area is 157 Å². The maximum atomic E-state index is 12.0. The van der Waals surface area contributed by atoms with Gasteiger partial charge in [0.15, 0.2) is 0 Å². The summed E-state index contributed by atoms with van der Waals surface area (Å²) in [6, 6.07) is 0. The van der Waals surface area contributed by atoms with E-state index >= 15 is 0 Å². The quantitative estimate of drug-likeness (QED) is 0.411. The third-order valence-electron chi connectivity index (χ3n) is 5.68. The van der Waals surface area contributed by atoms with E-state index in [1.54, 1.807) is 0 Å². The van der Waals surface area contributed by atoms with Gasteiger partial charge < -0.3 is 14.8 Å². The molecule has 5 nitrogen and oxygen atoms in total. The number of nitrogens with one attached hydrogen (secondary N) is 1. The number of unbranched alkanes of at least 4 members (excludes halogenated alkanes) is 1. The van der Waals surface area contributed by atoms with Crippen molar-refractivity contribution in [2.75, 3.05) is 13.7 Å². The molecule has 0 saturated heterocycles. The monoisotopic (exact) mass is 365 g/mol. The number of esters is 1. The molecule has 0 aromatic rings. The van der Waals surface area contributed by atoms with Crippen LogP contribution in [0.1, 0.15) is 65.7 Å². The number of hydrogen-bond donors (Lipinski definition) is 1. The fourth-order valence-corrected chi connectivity index (χ4v) is 4.46. The first-order valence-corrected chi connectivity index (χ1v) is 10.0. The van der Waals surface area contributed by atoms with Crippen LogP contribution in [0.15, 0.2) is 12.2 Å². The Kier molecular flexibility index (Phi) is 7.54. The maximum Gasteiger partial charge on any atom is 0.407 e. The van der Waals surface area contributed by atoms with Gasteiger partial charge in [0.25, 0.3) is 0 Å². The summed E-state index contributed by atoms with van der Waals surface area (Å²) in [4.78, 5) is 23.2. The largest absolute Gasteiger partial charge is 0.469 e. The summed E-state index contributed by atoms with van der Waals surface area (Å²) in [7, 11) is 1.43. The highest BCUT2D eigenvalue weighted by atomic mass is 16.6. The van der Waals surface area contributed by atoms with E-state index in [9.17, 15) is 9.59 Å². The second-order valence-electron chi connectivity index (χ2n) is 8.70. The van der Waals surface area contributed by atoms with Gasteiger partial charge in [0.2, 0.25) is 0 Å². The van der Waals surface area contributed by atoms with Gasteiger partial charge in [-0.25, -0.2) is 4.79 Å². The SMILES string of the molecule is COC(=O)CCCC=C[C@H]1C2CCC(CC2)[C@@H]1CNC(=O)OC(C)(C)C. The molecule has 3 rings (SSSR count). The van der Waals surface area contributed by atoms with Gasteiger partial charge >= 0.3 is 12.1 Å². The van der Waals surface area contributed by atoms with Crippen LogP contribution in [0, 0.1) is 23.7 Å². The highest BCUT2D eigenvalue weighted by molar-refractivity contribution is 5.69.